The molecule has 0 radical (unpaired) electrons. The van der Waals surface area contributed by atoms with Gasteiger partial charge in [-0.15, -0.1) is 0 Å². The lowest BCUT2D eigenvalue weighted by Crippen LogP contribution is -2.28. The monoisotopic (exact) mass is 257 g/mol. The molecule has 6 nitrogen and oxygen atoms in total. The second-order valence-corrected chi connectivity index (χ2v) is 3.88. The van der Waals surface area contributed by atoms with Crippen LogP contribution in [-0.2, 0) is 6.54 Å². The second kappa shape index (κ2) is 5.23. The molecule has 0 aliphatic carbocycles. The Bertz CT molecular complexity index is 753. The highest BCUT2D eigenvalue weighted by atomic mass is 16.5. The van der Waals surface area contributed by atoms with Crippen molar-refractivity contribution in [2.24, 2.45) is 0 Å². The molecule has 0 saturated heterocycles. The average molecular weight is 257 g/mol. The third-order valence-electron chi connectivity index (χ3n) is 2.63. The molecule has 6 heteroatoms. The van der Waals surface area contributed by atoms with E-state index in [2.05, 4.69) is 4.98 Å². The van der Waals surface area contributed by atoms with Crippen molar-refractivity contribution < 1.29 is 4.74 Å². The fourth-order valence-electron chi connectivity index (χ4n) is 1.71. The lowest BCUT2D eigenvalue weighted by molar-refractivity contribution is 0.413. The molecule has 96 valence electrons. The van der Waals surface area contributed by atoms with Gasteiger partial charge < -0.3 is 4.74 Å². The Kier molecular flexibility index (Phi) is 3.48. The number of rotatable bonds is 3. The molecule has 0 spiro atoms. The first-order valence-corrected chi connectivity index (χ1v) is 5.51. The van der Waals surface area contributed by atoms with Crippen LogP contribution in [-0.4, -0.2) is 16.7 Å². The molecule has 1 heterocycles. The van der Waals surface area contributed by atoms with Crippen LogP contribution in [0.1, 0.15) is 11.1 Å². The number of H-pyrrole nitrogens is 1. The van der Waals surface area contributed by atoms with Gasteiger partial charge in [-0.3, -0.25) is 14.3 Å². The van der Waals surface area contributed by atoms with Crippen LogP contribution in [0.2, 0.25) is 0 Å². The van der Waals surface area contributed by atoms with Crippen LogP contribution >= 0.6 is 0 Å². The minimum absolute atomic E-state index is 0.272. The molecular formula is C13H11N3O3. The normalized spacial score (nSPS) is 9.89. The Morgan fingerprint density at radius 2 is 2.16 bits per heavy atom. The number of aromatic amines is 1. The van der Waals surface area contributed by atoms with Gasteiger partial charge in [0.1, 0.15) is 11.8 Å². The lowest BCUT2D eigenvalue weighted by Gasteiger charge is -2.07. The summed E-state index contributed by atoms with van der Waals surface area (Å²) in [5.74, 6) is 0.486. The molecule has 0 unspecified atom stereocenters. The highest BCUT2D eigenvalue weighted by molar-refractivity contribution is 5.45. The van der Waals surface area contributed by atoms with Gasteiger partial charge in [0.05, 0.1) is 19.2 Å². The zero-order valence-electron chi connectivity index (χ0n) is 10.2. The SMILES string of the molecule is COc1ccc(Cn2ccc(=O)[nH]c2=O)cc1C#N. The molecule has 2 rings (SSSR count). The zero-order chi connectivity index (χ0) is 13.8. The van der Waals surface area contributed by atoms with E-state index in [-0.39, 0.29) is 6.54 Å². The first kappa shape index (κ1) is 12.6. The van der Waals surface area contributed by atoms with Gasteiger partial charge in [0.15, 0.2) is 0 Å². The van der Waals surface area contributed by atoms with Crippen molar-refractivity contribution in [2.45, 2.75) is 6.54 Å². The fourth-order valence-corrected chi connectivity index (χ4v) is 1.71. The molecule has 0 aliphatic rings. The van der Waals surface area contributed by atoms with Crippen molar-refractivity contribution in [3.8, 4) is 11.8 Å². The Morgan fingerprint density at radius 1 is 1.37 bits per heavy atom. The van der Waals surface area contributed by atoms with E-state index >= 15 is 0 Å². The Morgan fingerprint density at radius 3 is 2.79 bits per heavy atom. The number of aromatic nitrogens is 2. The summed E-state index contributed by atoms with van der Waals surface area (Å²) in [5.41, 5.74) is 0.250. The van der Waals surface area contributed by atoms with Crippen LogP contribution in [0.15, 0.2) is 40.1 Å². The molecule has 1 aromatic carbocycles. The van der Waals surface area contributed by atoms with Gasteiger partial charge in [-0.05, 0) is 17.7 Å². The standard InChI is InChI=1S/C13H11N3O3/c1-19-11-3-2-9(6-10(11)7-14)8-16-5-4-12(17)15-13(16)18/h2-6H,8H2,1H3,(H,15,17,18). The van der Waals surface area contributed by atoms with E-state index in [1.807, 2.05) is 6.07 Å². The maximum absolute atomic E-state index is 11.5. The number of benzene rings is 1. The molecule has 2 aromatic rings. The molecule has 0 aliphatic heterocycles. The van der Waals surface area contributed by atoms with E-state index < -0.39 is 11.2 Å². The summed E-state index contributed by atoms with van der Waals surface area (Å²) < 4.78 is 6.39. The Hall–Kier alpha value is -2.81. The summed E-state index contributed by atoms with van der Waals surface area (Å²) in [4.78, 5) is 24.7. The summed E-state index contributed by atoms with van der Waals surface area (Å²) in [6.07, 6.45) is 1.41. The quantitative estimate of drug-likeness (QED) is 0.865. The molecule has 1 N–H and O–H groups in total. The lowest BCUT2D eigenvalue weighted by atomic mass is 10.1. The summed E-state index contributed by atoms with van der Waals surface area (Å²) in [6.45, 7) is 0.272. The van der Waals surface area contributed by atoms with E-state index in [9.17, 15) is 9.59 Å². The molecule has 19 heavy (non-hydrogen) atoms. The summed E-state index contributed by atoms with van der Waals surface area (Å²) in [7, 11) is 1.49. The second-order valence-electron chi connectivity index (χ2n) is 3.88. The van der Waals surface area contributed by atoms with Gasteiger partial charge >= 0.3 is 5.69 Å². The summed E-state index contributed by atoms with van der Waals surface area (Å²) in [6, 6.07) is 8.38. The predicted molar refractivity (Wildman–Crippen MR) is 68.1 cm³/mol. The van der Waals surface area contributed by atoms with Crippen molar-refractivity contribution >= 4 is 0 Å². The first-order chi connectivity index (χ1) is 9.13. The maximum atomic E-state index is 11.5. The number of nitriles is 1. The van der Waals surface area contributed by atoms with Crippen molar-refractivity contribution in [1.82, 2.24) is 9.55 Å². The largest absolute Gasteiger partial charge is 0.495 e. The number of hydrogen-bond acceptors (Lipinski definition) is 4. The van der Waals surface area contributed by atoms with E-state index in [0.29, 0.717) is 11.3 Å². The molecule has 0 amide bonds. The number of ether oxygens (including phenoxy) is 1. The molecule has 0 fully saturated rings. The van der Waals surface area contributed by atoms with E-state index in [4.69, 9.17) is 10.00 Å². The number of nitrogens with one attached hydrogen (secondary N) is 1. The third kappa shape index (κ3) is 2.72. The van der Waals surface area contributed by atoms with Crippen LogP contribution in [0.5, 0.6) is 5.75 Å². The summed E-state index contributed by atoms with van der Waals surface area (Å²) >= 11 is 0. The fraction of sp³-hybridized carbons (Fsp3) is 0.154. The van der Waals surface area contributed by atoms with Crippen molar-refractivity contribution in [3.63, 3.8) is 0 Å². The predicted octanol–water partition coefficient (Wildman–Crippen LogP) is 0.465. The maximum Gasteiger partial charge on any atom is 0.328 e. The van der Waals surface area contributed by atoms with Crippen molar-refractivity contribution in [1.29, 1.82) is 5.26 Å². The van der Waals surface area contributed by atoms with Crippen molar-refractivity contribution in [2.75, 3.05) is 7.11 Å². The van der Waals surface area contributed by atoms with Crippen LogP contribution in [0.4, 0.5) is 0 Å². The van der Waals surface area contributed by atoms with Gasteiger partial charge in [-0.2, -0.15) is 5.26 Å². The van der Waals surface area contributed by atoms with Gasteiger partial charge in [0, 0.05) is 12.3 Å². The number of methoxy groups -OCH3 is 1. The average Bonchev–Trinajstić information content (AvgIpc) is 2.41. The van der Waals surface area contributed by atoms with Crippen LogP contribution in [0.25, 0.3) is 0 Å². The highest BCUT2D eigenvalue weighted by Gasteiger charge is 2.05. The van der Waals surface area contributed by atoms with Gasteiger partial charge in [-0.1, -0.05) is 6.07 Å². The Balaban J connectivity index is 2.36. The smallest absolute Gasteiger partial charge is 0.328 e. The van der Waals surface area contributed by atoms with Crippen LogP contribution in [0, 0.1) is 11.3 Å². The topological polar surface area (TPSA) is 87.9 Å². The molecule has 0 atom stereocenters. The van der Waals surface area contributed by atoms with Gasteiger partial charge in [0.25, 0.3) is 5.56 Å². The molecule has 1 aromatic heterocycles. The third-order valence-corrected chi connectivity index (χ3v) is 2.63. The zero-order valence-corrected chi connectivity index (χ0v) is 10.2. The van der Waals surface area contributed by atoms with Gasteiger partial charge in [0.2, 0.25) is 0 Å². The number of nitrogens with zero attached hydrogens (tertiary/aromatic N) is 2. The molecule has 0 saturated carbocycles. The minimum Gasteiger partial charge on any atom is -0.495 e. The Labute approximate surface area is 108 Å². The highest BCUT2D eigenvalue weighted by Crippen LogP contribution is 2.18. The van der Waals surface area contributed by atoms with E-state index in [1.165, 1.54) is 23.9 Å². The van der Waals surface area contributed by atoms with Crippen molar-refractivity contribution in [3.05, 3.63) is 62.4 Å². The molecule has 0 bridgehead atoms. The summed E-state index contributed by atoms with van der Waals surface area (Å²) in [5, 5.41) is 8.99. The number of hydrogen-bond donors (Lipinski definition) is 1. The van der Waals surface area contributed by atoms with E-state index in [0.717, 1.165) is 5.56 Å². The molecular weight excluding hydrogens is 246 g/mol. The van der Waals surface area contributed by atoms with Gasteiger partial charge in [-0.25, -0.2) is 4.79 Å². The minimum atomic E-state index is -0.484. The van der Waals surface area contributed by atoms with E-state index in [1.54, 1.807) is 18.2 Å². The first-order valence-electron chi connectivity index (χ1n) is 5.51. The van der Waals surface area contributed by atoms with Crippen LogP contribution in [0.3, 0.4) is 0 Å². The van der Waals surface area contributed by atoms with Crippen LogP contribution < -0.4 is 16.0 Å².